The minimum atomic E-state index is -0.803. The maximum atomic E-state index is 14.1. The molecular weight excluding hydrogens is 560 g/mol. The Morgan fingerprint density at radius 3 is 2.56 bits per heavy atom. The average molecular weight is 585 g/mol. The van der Waals surface area contributed by atoms with E-state index in [0.29, 0.717) is 42.7 Å². The van der Waals surface area contributed by atoms with Gasteiger partial charge in [-0.2, -0.15) is 0 Å². The van der Waals surface area contributed by atoms with Gasteiger partial charge in [-0.25, -0.2) is 9.79 Å². The van der Waals surface area contributed by atoms with Gasteiger partial charge in [0.2, 0.25) is 0 Å². The Kier molecular flexibility index (Phi) is 8.39. The van der Waals surface area contributed by atoms with Crippen LogP contribution < -0.4 is 24.4 Å². The summed E-state index contributed by atoms with van der Waals surface area (Å²) >= 11 is 7.41. The van der Waals surface area contributed by atoms with Crippen molar-refractivity contribution in [1.82, 2.24) is 4.57 Å². The Bertz CT molecular complexity index is 1850. The number of benzene rings is 3. The number of hydrogen-bond acceptors (Lipinski definition) is 7. The molecule has 0 saturated carbocycles. The van der Waals surface area contributed by atoms with E-state index in [9.17, 15) is 9.59 Å². The predicted octanol–water partition coefficient (Wildman–Crippen LogP) is 4.61. The zero-order chi connectivity index (χ0) is 28.9. The van der Waals surface area contributed by atoms with E-state index in [1.807, 2.05) is 36.4 Å². The lowest BCUT2D eigenvalue weighted by Crippen LogP contribution is -2.40. The van der Waals surface area contributed by atoms with Crippen LogP contribution >= 0.6 is 22.9 Å². The van der Waals surface area contributed by atoms with Gasteiger partial charge in [0, 0.05) is 16.1 Å². The first-order chi connectivity index (χ1) is 20.0. The predicted molar refractivity (Wildman–Crippen MR) is 160 cm³/mol. The maximum Gasteiger partial charge on any atom is 0.338 e. The molecule has 9 heteroatoms. The van der Waals surface area contributed by atoms with Crippen LogP contribution in [0.25, 0.3) is 11.8 Å². The summed E-state index contributed by atoms with van der Waals surface area (Å²) in [4.78, 5) is 32.9. The van der Waals surface area contributed by atoms with E-state index in [-0.39, 0.29) is 24.3 Å². The molecule has 1 aromatic heterocycles. The van der Waals surface area contributed by atoms with Crippen molar-refractivity contribution in [2.24, 2.45) is 4.99 Å². The molecule has 0 aliphatic carbocycles. The minimum absolute atomic E-state index is 0.0301. The Balaban J connectivity index is 1.81. The minimum Gasteiger partial charge on any atom is -0.493 e. The number of halogens is 1. The Morgan fingerprint density at radius 1 is 1.12 bits per heavy atom. The second-order valence-electron chi connectivity index (χ2n) is 8.85. The number of rotatable bonds is 8. The van der Waals surface area contributed by atoms with Crippen LogP contribution in [-0.2, 0) is 9.53 Å². The highest BCUT2D eigenvalue weighted by Crippen LogP contribution is 2.36. The van der Waals surface area contributed by atoms with Crippen LogP contribution in [0, 0.1) is 12.3 Å². The summed E-state index contributed by atoms with van der Waals surface area (Å²) in [5, 5.41) is 0.531. The molecule has 0 saturated heterocycles. The maximum absolute atomic E-state index is 14.1. The summed E-state index contributed by atoms with van der Waals surface area (Å²) in [7, 11) is 1.53. The van der Waals surface area contributed by atoms with Crippen molar-refractivity contribution in [3.8, 4) is 23.8 Å². The number of nitrogens with zero attached hydrogens (tertiary/aromatic N) is 2. The summed E-state index contributed by atoms with van der Waals surface area (Å²) in [6.45, 7) is 1.93. The fourth-order valence-corrected chi connectivity index (χ4v) is 5.74. The lowest BCUT2D eigenvalue weighted by atomic mass is 9.93. The molecule has 4 aromatic rings. The number of esters is 1. The van der Waals surface area contributed by atoms with E-state index in [4.69, 9.17) is 37.2 Å². The summed E-state index contributed by atoms with van der Waals surface area (Å²) in [6.07, 6.45) is 7.14. The number of carbonyl (C=O) groups is 1. The molecular formula is C32H25ClN2O5S. The van der Waals surface area contributed by atoms with E-state index in [0.717, 1.165) is 5.56 Å². The van der Waals surface area contributed by atoms with E-state index < -0.39 is 12.0 Å². The summed E-state index contributed by atoms with van der Waals surface area (Å²) in [5.41, 5.74) is 2.40. The van der Waals surface area contributed by atoms with Gasteiger partial charge >= 0.3 is 5.97 Å². The van der Waals surface area contributed by atoms with Gasteiger partial charge in [0.1, 0.15) is 6.61 Å². The highest BCUT2D eigenvalue weighted by Gasteiger charge is 2.35. The summed E-state index contributed by atoms with van der Waals surface area (Å²) in [6, 6.07) is 21.0. The van der Waals surface area contributed by atoms with Crippen LogP contribution in [0.3, 0.4) is 0 Å². The zero-order valence-electron chi connectivity index (χ0n) is 22.3. The molecule has 0 fully saturated rings. The molecule has 1 atom stereocenters. The monoisotopic (exact) mass is 584 g/mol. The first-order valence-corrected chi connectivity index (χ1v) is 13.9. The smallest absolute Gasteiger partial charge is 0.338 e. The van der Waals surface area contributed by atoms with Gasteiger partial charge in [0.05, 0.1) is 35.6 Å². The van der Waals surface area contributed by atoms with Gasteiger partial charge < -0.3 is 14.2 Å². The number of aromatic nitrogens is 1. The third-order valence-corrected chi connectivity index (χ3v) is 7.61. The van der Waals surface area contributed by atoms with Crippen molar-refractivity contribution >= 4 is 40.7 Å². The molecule has 1 aliphatic heterocycles. The second kappa shape index (κ2) is 12.3. The van der Waals surface area contributed by atoms with Crippen molar-refractivity contribution in [3.05, 3.63) is 120 Å². The normalized spacial score (nSPS) is 14.6. The van der Waals surface area contributed by atoms with Gasteiger partial charge in [-0.3, -0.25) is 9.36 Å². The second-order valence-corrected chi connectivity index (χ2v) is 10.3. The van der Waals surface area contributed by atoms with Crippen LogP contribution in [0.2, 0.25) is 5.02 Å². The molecule has 0 unspecified atom stereocenters. The summed E-state index contributed by atoms with van der Waals surface area (Å²) < 4.78 is 18.6. The van der Waals surface area contributed by atoms with E-state index in [1.54, 1.807) is 49.4 Å². The Hall–Kier alpha value is -4.58. The number of para-hydroxylation sites is 1. The van der Waals surface area contributed by atoms with Crippen LogP contribution in [0.1, 0.15) is 29.7 Å². The third-order valence-electron chi connectivity index (χ3n) is 6.38. The molecule has 5 rings (SSSR count). The van der Waals surface area contributed by atoms with E-state index >= 15 is 0 Å². The lowest BCUT2D eigenvalue weighted by molar-refractivity contribution is -0.138. The molecule has 0 amide bonds. The number of ether oxygens (including phenoxy) is 3. The molecule has 0 bridgehead atoms. The summed E-state index contributed by atoms with van der Waals surface area (Å²) in [5.74, 6) is 2.81. The van der Waals surface area contributed by atoms with Crippen molar-refractivity contribution < 1.29 is 19.0 Å². The number of fused-ring (bicyclic) bond motifs is 1. The number of terminal acetylenes is 1. The molecule has 3 aromatic carbocycles. The van der Waals surface area contributed by atoms with Crippen molar-refractivity contribution in [2.45, 2.75) is 13.0 Å². The SMILES string of the molecule is C#CCOc1c(/C=c2\sc3n(c2=O)[C@@H](c2ccc(Cl)cc2)C(C(=O)OCC)=C(c2ccccc2)N=3)cccc1OC. The third kappa shape index (κ3) is 5.55. The Labute approximate surface area is 245 Å². The molecule has 1 aliphatic rings. The largest absolute Gasteiger partial charge is 0.493 e. The molecule has 0 radical (unpaired) electrons. The van der Waals surface area contributed by atoms with Crippen molar-refractivity contribution in [2.75, 3.05) is 20.3 Å². The highest BCUT2D eigenvalue weighted by atomic mass is 35.5. The first kappa shape index (κ1) is 28.0. The lowest BCUT2D eigenvalue weighted by Gasteiger charge is -2.25. The molecule has 206 valence electrons. The van der Waals surface area contributed by atoms with Crippen LogP contribution in [-0.4, -0.2) is 30.9 Å². The van der Waals surface area contributed by atoms with Crippen LogP contribution in [0.4, 0.5) is 0 Å². The first-order valence-electron chi connectivity index (χ1n) is 12.7. The quantitative estimate of drug-likeness (QED) is 0.223. The van der Waals surface area contributed by atoms with Crippen LogP contribution in [0.15, 0.2) is 88.2 Å². The van der Waals surface area contributed by atoms with Gasteiger partial charge in [0.25, 0.3) is 5.56 Å². The molecule has 0 N–H and O–H groups in total. The highest BCUT2D eigenvalue weighted by molar-refractivity contribution is 7.07. The topological polar surface area (TPSA) is 79.1 Å². The fraction of sp³-hybridized carbons (Fsp3) is 0.156. The number of thiazole rings is 1. The van der Waals surface area contributed by atoms with Gasteiger partial charge in [0.15, 0.2) is 16.3 Å². The Morgan fingerprint density at radius 2 is 1.88 bits per heavy atom. The van der Waals surface area contributed by atoms with Crippen LogP contribution in [0.5, 0.6) is 11.5 Å². The fourth-order valence-electron chi connectivity index (χ4n) is 4.62. The van der Waals surface area contributed by atoms with E-state index in [2.05, 4.69) is 5.92 Å². The molecule has 2 heterocycles. The van der Waals surface area contributed by atoms with Crippen molar-refractivity contribution in [1.29, 1.82) is 0 Å². The number of methoxy groups -OCH3 is 1. The zero-order valence-corrected chi connectivity index (χ0v) is 23.9. The van der Waals surface area contributed by atoms with Crippen molar-refractivity contribution in [3.63, 3.8) is 0 Å². The standard InChI is InChI=1S/C32H25ClN2O5S/c1-4-18-40-29-22(12-9-13-24(29)38-3)19-25-30(36)35-28(21-14-16-23(33)17-15-21)26(31(37)39-5-2)27(34-32(35)41-25)20-10-7-6-8-11-20/h1,6-17,19,28H,5,18H2,2-3H3/b25-19-/t28-/m0/s1. The van der Waals surface area contributed by atoms with Gasteiger partial charge in [-0.05, 0) is 36.8 Å². The van der Waals surface area contributed by atoms with Gasteiger partial charge in [-0.1, -0.05) is 83.5 Å². The number of carbonyl (C=O) groups excluding carboxylic acids is 1. The van der Waals surface area contributed by atoms with Gasteiger partial charge in [-0.15, -0.1) is 6.42 Å². The van der Waals surface area contributed by atoms with E-state index in [1.165, 1.54) is 23.0 Å². The molecule has 41 heavy (non-hydrogen) atoms. The number of hydrogen-bond donors (Lipinski definition) is 0. The average Bonchev–Trinajstić information content (AvgIpc) is 3.30. The molecule has 0 spiro atoms. The molecule has 7 nitrogen and oxygen atoms in total.